The molecule has 0 radical (unpaired) electrons. The third-order valence-corrected chi connectivity index (χ3v) is 6.19. The van der Waals surface area contributed by atoms with Crippen molar-refractivity contribution in [2.75, 3.05) is 6.54 Å². The van der Waals surface area contributed by atoms with E-state index < -0.39 is 5.91 Å². The lowest BCUT2D eigenvalue weighted by molar-refractivity contribution is -0.913. The second-order valence-electron chi connectivity index (χ2n) is 7.67. The smallest absolute Gasteiger partial charge is 0.366 e. The van der Waals surface area contributed by atoms with Gasteiger partial charge >= 0.3 is 6.03 Å². The van der Waals surface area contributed by atoms with Crippen molar-refractivity contribution in [2.24, 2.45) is 11.5 Å². The Hall–Kier alpha value is -1.34. The van der Waals surface area contributed by atoms with Gasteiger partial charge in [0.25, 0.3) is 5.91 Å². The molecule has 7 heteroatoms. The highest BCUT2D eigenvalue weighted by Crippen LogP contribution is 2.48. The summed E-state index contributed by atoms with van der Waals surface area (Å²) in [5.74, 6) is 0.0327. The number of hydrogen-bond donors (Lipinski definition) is 2. The Balaban J connectivity index is 2.18. The van der Waals surface area contributed by atoms with Gasteiger partial charge in [0.05, 0.1) is 27.8 Å². The van der Waals surface area contributed by atoms with Gasteiger partial charge in [-0.2, -0.15) is 0 Å². The van der Waals surface area contributed by atoms with Crippen LogP contribution in [0.4, 0.5) is 4.79 Å². The van der Waals surface area contributed by atoms with Crippen LogP contribution in [0.3, 0.4) is 0 Å². The molecular formula is C16H24BrN4O2+. The molecule has 2 aliphatic rings. The van der Waals surface area contributed by atoms with Crippen LogP contribution in [0.1, 0.15) is 61.3 Å². The molecule has 3 amide bonds. The number of carbonyl (C=O) groups excluding carboxylic acids is 2. The van der Waals surface area contributed by atoms with Crippen molar-refractivity contribution in [3.63, 3.8) is 0 Å². The molecule has 0 aromatic carbocycles. The number of quaternary nitrogens is 1. The van der Waals surface area contributed by atoms with Crippen LogP contribution in [0.5, 0.6) is 0 Å². The third kappa shape index (κ3) is 2.32. The summed E-state index contributed by atoms with van der Waals surface area (Å²) >= 11 is 3.58. The number of urea groups is 1. The molecule has 1 aliphatic heterocycles. The van der Waals surface area contributed by atoms with Gasteiger partial charge < -0.3 is 16.0 Å². The van der Waals surface area contributed by atoms with Crippen LogP contribution >= 0.6 is 15.9 Å². The Morgan fingerprint density at radius 2 is 1.87 bits per heavy atom. The molecule has 3 rings (SSSR count). The number of fused-ring (bicyclic) bond motifs is 1. The largest absolute Gasteiger partial charge is 0.414 e. The maximum Gasteiger partial charge on any atom is 0.414 e. The van der Waals surface area contributed by atoms with Gasteiger partial charge in [-0.1, -0.05) is 0 Å². The van der Waals surface area contributed by atoms with Gasteiger partial charge in [0.1, 0.15) is 13.1 Å². The molecule has 1 aromatic heterocycles. The van der Waals surface area contributed by atoms with Crippen molar-refractivity contribution < 1.29 is 14.1 Å². The second kappa shape index (κ2) is 5.08. The zero-order chi connectivity index (χ0) is 17.2. The zero-order valence-corrected chi connectivity index (χ0v) is 15.4. The molecule has 23 heavy (non-hydrogen) atoms. The van der Waals surface area contributed by atoms with E-state index in [0.29, 0.717) is 31.1 Å². The van der Waals surface area contributed by atoms with E-state index in [0.717, 1.165) is 28.7 Å². The summed E-state index contributed by atoms with van der Waals surface area (Å²) in [5, 5.41) is 0. The van der Waals surface area contributed by atoms with E-state index in [1.165, 1.54) is 0 Å². The number of amides is 3. The molecule has 6 nitrogen and oxygen atoms in total. The number of nitrogens with two attached hydrogens (primary N) is 2. The number of aromatic nitrogens is 1. The van der Waals surface area contributed by atoms with Crippen molar-refractivity contribution in [3.8, 4) is 0 Å². The Kier molecular flexibility index (Phi) is 3.65. The van der Waals surface area contributed by atoms with E-state index in [9.17, 15) is 9.59 Å². The highest BCUT2D eigenvalue weighted by molar-refractivity contribution is 9.10. The fraction of sp³-hybridized carbons (Fsp3) is 0.625. The zero-order valence-electron chi connectivity index (χ0n) is 13.9. The van der Waals surface area contributed by atoms with Gasteiger partial charge in [0.2, 0.25) is 0 Å². The first-order chi connectivity index (χ1) is 10.6. The number of primary amides is 2. The molecule has 0 spiro atoms. The minimum atomic E-state index is -0.453. The van der Waals surface area contributed by atoms with Gasteiger partial charge in [-0.3, -0.25) is 4.79 Å². The Bertz CT molecular complexity index is 700. The molecule has 2 heterocycles. The van der Waals surface area contributed by atoms with Gasteiger partial charge in [-0.05, 0) is 49.5 Å². The molecule has 1 saturated carbocycles. The molecule has 126 valence electrons. The van der Waals surface area contributed by atoms with E-state index in [1.54, 1.807) is 0 Å². The number of rotatable bonds is 2. The lowest BCUT2D eigenvalue weighted by atomic mass is 9.98. The molecule has 1 unspecified atom stereocenters. The average molecular weight is 384 g/mol. The van der Waals surface area contributed by atoms with E-state index >= 15 is 0 Å². The van der Waals surface area contributed by atoms with Crippen molar-refractivity contribution in [2.45, 2.75) is 58.2 Å². The van der Waals surface area contributed by atoms with Crippen LogP contribution in [-0.2, 0) is 13.1 Å². The number of carbonyl (C=O) groups is 2. The summed E-state index contributed by atoms with van der Waals surface area (Å²) in [7, 11) is 0. The van der Waals surface area contributed by atoms with Crippen LogP contribution < -0.4 is 11.5 Å². The Morgan fingerprint density at radius 1 is 1.26 bits per heavy atom. The van der Waals surface area contributed by atoms with Crippen LogP contribution in [0, 0.1) is 0 Å². The standard InChI is InChI=1S/C16H23BrN4O2/c1-16(2,3)21(15(19)23)7-6-20-10(8-21)11(14(18)22)12(17)13(20)9-4-5-9/h9H,4-8H2,1-3H3,(H3-,18,19,22,23)/p+1. The van der Waals surface area contributed by atoms with E-state index in [-0.39, 0.29) is 16.1 Å². The molecule has 4 N–H and O–H groups in total. The van der Waals surface area contributed by atoms with E-state index in [4.69, 9.17) is 11.5 Å². The highest BCUT2D eigenvalue weighted by Gasteiger charge is 2.51. The van der Waals surface area contributed by atoms with Gasteiger partial charge in [0, 0.05) is 11.6 Å². The molecular weight excluding hydrogens is 360 g/mol. The fourth-order valence-corrected chi connectivity index (χ4v) is 4.74. The Morgan fingerprint density at radius 3 is 2.30 bits per heavy atom. The predicted molar refractivity (Wildman–Crippen MR) is 90.8 cm³/mol. The van der Waals surface area contributed by atoms with Crippen molar-refractivity contribution in [1.82, 2.24) is 4.57 Å². The first-order valence-corrected chi connectivity index (χ1v) is 8.77. The maximum absolute atomic E-state index is 12.3. The van der Waals surface area contributed by atoms with E-state index in [1.807, 2.05) is 20.8 Å². The van der Waals surface area contributed by atoms with Gasteiger partial charge in [-0.15, -0.1) is 0 Å². The van der Waals surface area contributed by atoms with Crippen LogP contribution in [-0.4, -0.2) is 33.1 Å². The SMILES string of the molecule is CC(C)(C)[N+]1(C(N)=O)CCn2c(c(C(N)=O)c(Br)c2C2CC2)C1. The fourth-order valence-electron chi connectivity index (χ4n) is 3.78. The molecule has 0 saturated heterocycles. The minimum absolute atomic E-state index is 0.133. The Labute approximate surface area is 144 Å². The normalized spacial score (nSPS) is 24.3. The topological polar surface area (TPSA) is 91.1 Å². The summed E-state index contributed by atoms with van der Waals surface area (Å²) in [5.41, 5.74) is 13.6. The quantitative estimate of drug-likeness (QED) is 0.767. The third-order valence-electron chi connectivity index (χ3n) is 5.39. The first kappa shape index (κ1) is 16.5. The molecule has 1 fully saturated rings. The summed E-state index contributed by atoms with van der Waals surface area (Å²) in [4.78, 5) is 24.3. The summed E-state index contributed by atoms with van der Waals surface area (Å²) < 4.78 is 3.13. The molecule has 1 atom stereocenters. The lowest BCUT2D eigenvalue weighted by Gasteiger charge is -2.47. The van der Waals surface area contributed by atoms with Crippen LogP contribution in [0.25, 0.3) is 0 Å². The number of halogens is 1. The lowest BCUT2D eigenvalue weighted by Crippen LogP contribution is -2.67. The number of hydrogen-bond acceptors (Lipinski definition) is 2. The molecule has 0 bridgehead atoms. The van der Waals surface area contributed by atoms with Gasteiger partial charge in [-0.25, -0.2) is 9.28 Å². The molecule has 1 aromatic rings. The summed E-state index contributed by atoms with van der Waals surface area (Å²) in [6, 6.07) is -0.357. The van der Waals surface area contributed by atoms with Crippen molar-refractivity contribution in [3.05, 3.63) is 21.4 Å². The minimum Gasteiger partial charge on any atom is -0.366 e. The average Bonchev–Trinajstić information content (AvgIpc) is 3.19. The van der Waals surface area contributed by atoms with Crippen LogP contribution in [0.2, 0.25) is 0 Å². The summed E-state index contributed by atoms with van der Waals surface area (Å²) in [6.07, 6.45) is 2.27. The van der Waals surface area contributed by atoms with Crippen molar-refractivity contribution in [1.29, 1.82) is 0 Å². The van der Waals surface area contributed by atoms with Crippen LogP contribution in [0.15, 0.2) is 4.47 Å². The second-order valence-corrected chi connectivity index (χ2v) is 8.46. The first-order valence-electron chi connectivity index (χ1n) is 7.98. The predicted octanol–water partition coefficient (Wildman–Crippen LogP) is 2.43. The van der Waals surface area contributed by atoms with E-state index in [2.05, 4.69) is 20.5 Å². The summed E-state index contributed by atoms with van der Waals surface area (Å²) in [6.45, 7) is 7.74. The molecule has 1 aliphatic carbocycles. The number of nitrogens with zero attached hydrogens (tertiary/aromatic N) is 2. The highest BCUT2D eigenvalue weighted by atomic mass is 79.9. The van der Waals surface area contributed by atoms with Crippen molar-refractivity contribution >= 4 is 27.9 Å². The monoisotopic (exact) mass is 383 g/mol. The maximum atomic E-state index is 12.3. The van der Waals surface area contributed by atoms with Gasteiger partial charge in [0.15, 0.2) is 0 Å².